The topological polar surface area (TPSA) is 95.2 Å². The maximum absolute atomic E-state index is 14.0. The molecule has 1 aliphatic rings. The van der Waals surface area contributed by atoms with E-state index < -0.39 is 40.6 Å². The van der Waals surface area contributed by atoms with Gasteiger partial charge in [0.05, 0.1) is 18.1 Å². The van der Waals surface area contributed by atoms with E-state index in [4.69, 9.17) is 4.74 Å². The van der Waals surface area contributed by atoms with Crippen molar-refractivity contribution >= 4 is 17.1 Å². The molecule has 1 saturated carbocycles. The Bertz CT molecular complexity index is 1350. The summed E-state index contributed by atoms with van der Waals surface area (Å²) in [7, 11) is 0. The molecule has 1 fully saturated rings. The number of carbonyl (C=O) groups excluding carboxylic acids is 1. The number of ether oxygens (including phenoxy) is 1. The Balaban J connectivity index is 1.64. The van der Waals surface area contributed by atoms with E-state index in [1.807, 2.05) is 0 Å². The number of nitrogens with one attached hydrogen (secondary N) is 1. The second-order valence-corrected chi connectivity index (χ2v) is 9.85. The van der Waals surface area contributed by atoms with Crippen molar-refractivity contribution in [2.24, 2.45) is 0 Å². The maximum Gasteiger partial charge on any atom is 0.407 e. The van der Waals surface area contributed by atoms with E-state index in [9.17, 15) is 23.2 Å². The first-order valence-corrected chi connectivity index (χ1v) is 11.6. The minimum atomic E-state index is -0.682. The molecule has 1 aromatic carbocycles. The van der Waals surface area contributed by atoms with Crippen molar-refractivity contribution in [3.63, 3.8) is 0 Å². The fraction of sp³-hybridized carbons (Fsp3) is 0.440. The Morgan fingerprint density at radius 2 is 1.74 bits per heavy atom. The van der Waals surface area contributed by atoms with E-state index in [1.165, 1.54) is 16.7 Å². The number of aromatic nitrogens is 3. The number of benzene rings is 1. The molecular weight excluding hydrogens is 458 g/mol. The zero-order valence-electron chi connectivity index (χ0n) is 19.9. The van der Waals surface area contributed by atoms with Gasteiger partial charge in [0.25, 0.3) is 5.56 Å². The summed E-state index contributed by atoms with van der Waals surface area (Å²) < 4.78 is 35.1. The van der Waals surface area contributed by atoms with Gasteiger partial charge in [0.1, 0.15) is 22.9 Å². The molecule has 1 aliphatic carbocycles. The van der Waals surface area contributed by atoms with Crippen LogP contribution in [0.2, 0.25) is 0 Å². The fourth-order valence-corrected chi connectivity index (χ4v) is 4.43. The Hall–Kier alpha value is -3.56. The highest BCUT2D eigenvalue weighted by atomic mass is 19.1. The molecule has 0 bridgehead atoms. The van der Waals surface area contributed by atoms with E-state index in [2.05, 4.69) is 10.3 Å². The average Bonchev–Trinajstić information content (AvgIpc) is 2.78. The SMILES string of the molecule is CC(C)(C)OC(=O)NC1CCC(n2c(=O)c3cc(F)cnc3n(Cc3ccc(F)cc3)c2=O)CC1. The maximum atomic E-state index is 14.0. The molecule has 8 nitrogen and oxygen atoms in total. The highest BCUT2D eigenvalue weighted by Crippen LogP contribution is 2.27. The van der Waals surface area contributed by atoms with Gasteiger partial charge in [-0.2, -0.15) is 0 Å². The van der Waals surface area contributed by atoms with Crippen molar-refractivity contribution in [3.8, 4) is 0 Å². The number of rotatable bonds is 4. The van der Waals surface area contributed by atoms with E-state index in [0.29, 0.717) is 31.2 Å². The number of hydrogen-bond donors (Lipinski definition) is 1. The van der Waals surface area contributed by atoms with Gasteiger partial charge in [0.15, 0.2) is 0 Å². The van der Waals surface area contributed by atoms with Gasteiger partial charge in [0.2, 0.25) is 0 Å². The third kappa shape index (κ3) is 5.58. The molecule has 0 atom stereocenters. The van der Waals surface area contributed by atoms with Gasteiger partial charge in [-0.25, -0.2) is 23.4 Å². The standard InChI is InChI=1S/C25H28F2N4O4/c1-25(2,3)35-23(33)29-18-8-10-19(11-9-18)31-22(32)20-12-17(27)13-28-21(20)30(24(31)34)14-15-4-6-16(26)7-5-15/h4-7,12-13,18-19H,8-11,14H2,1-3H3,(H,29,33). The molecule has 1 N–H and O–H groups in total. The molecule has 0 aliphatic heterocycles. The molecule has 10 heteroatoms. The minimum absolute atomic E-state index is 0.000662. The Morgan fingerprint density at radius 3 is 2.37 bits per heavy atom. The van der Waals surface area contributed by atoms with Crippen LogP contribution in [0.15, 0.2) is 46.1 Å². The second kappa shape index (κ2) is 9.59. The number of amides is 1. The largest absolute Gasteiger partial charge is 0.444 e. The van der Waals surface area contributed by atoms with Crippen molar-refractivity contribution in [2.45, 2.75) is 70.7 Å². The number of alkyl carbamates (subject to hydrolysis) is 1. The Morgan fingerprint density at radius 1 is 1.09 bits per heavy atom. The van der Waals surface area contributed by atoms with Crippen molar-refractivity contribution in [1.29, 1.82) is 0 Å². The van der Waals surface area contributed by atoms with Crippen molar-refractivity contribution in [1.82, 2.24) is 19.4 Å². The summed E-state index contributed by atoms with van der Waals surface area (Å²) in [6.45, 7) is 5.39. The zero-order chi connectivity index (χ0) is 25.3. The lowest BCUT2D eigenvalue weighted by molar-refractivity contribution is 0.0487. The van der Waals surface area contributed by atoms with Crippen LogP contribution in [0.4, 0.5) is 13.6 Å². The zero-order valence-corrected chi connectivity index (χ0v) is 19.9. The molecule has 0 unspecified atom stereocenters. The molecule has 1 amide bonds. The van der Waals surface area contributed by atoms with Gasteiger partial charge in [0, 0.05) is 12.1 Å². The monoisotopic (exact) mass is 486 g/mol. The summed E-state index contributed by atoms with van der Waals surface area (Å²) in [5, 5.41) is 2.84. The van der Waals surface area contributed by atoms with Crippen LogP contribution < -0.4 is 16.6 Å². The summed E-state index contributed by atoms with van der Waals surface area (Å²) in [5.41, 5.74) is -1.07. The number of pyridine rings is 1. The van der Waals surface area contributed by atoms with E-state index >= 15 is 0 Å². The molecule has 35 heavy (non-hydrogen) atoms. The molecule has 2 aromatic heterocycles. The average molecular weight is 487 g/mol. The number of halogens is 2. The molecule has 3 aromatic rings. The van der Waals surface area contributed by atoms with Crippen LogP contribution in [0.25, 0.3) is 11.0 Å². The molecule has 186 valence electrons. The van der Waals surface area contributed by atoms with E-state index in [0.717, 1.165) is 16.8 Å². The molecule has 0 saturated heterocycles. The molecule has 4 rings (SSSR count). The summed E-state index contributed by atoms with van der Waals surface area (Å²) in [6.07, 6.45) is 2.49. The lowest BCUT2D eigenvalue weighted by atomic mass is 9.91. The van der Waals surface area contributed by atoms with Crippen LogP contribution >= 0.6 is 0 Å². The number of nitrogens with zero attached hydrogens (tertiary/aromatic N) is 3. The lowest BCUT2D eigenvalue weighted by Gasteiger charge is -2.31. The third-order valence-electron chi connectivity index (χ3n) is 6.01. The highest BCUT2D eigenvalue weighted by Gasteiger charge is 2.28. The summed E-state index contributed by atoms with van der Waals surface area (Å²) in [6, 6.07) is 6.17. The third-order valence-corrected chi connectivity index (χ3v) is 6.01. The van der Waals surface area contributed by atoms with Gasteiger partial charge in [-0.15, -0.1) is 0 Å². The minimum Gasteiger partial charge on any atom is -0.444 e. The van der Waals surface area contributed by atoms with Gasteiger partial charge >= 0.3 is 11.8 Å². The van der Waals surface area contributed by atoms with Gasteiger partial charge in [-0.3, -0.25) is 13.9 Å². The fourth-order valence-electron chi connectivity index (χ4n) is 4.43. The molecule has 0 spiro atoms. The predicted octanol–water partition coefficient (Wildman–Crippen LogP) is 3.89. The number of fused-ring (bicyclic) bond motifs is 1. The predicted molar refractivity (Wildman–Crippen MR) is 126 cm³/mol. The summed E-state index contributed by atoms with van der Waals surface area (Å²) in [4.78, 5) is 42.9. The first-order valence-electron chi connectivity index (χ1n) is 11.6. The Kier molecular flexibility index (Phi) is 6.73. The van der Waals surface area contributed by atoms with Crippen LogP contribution in [-0.4, -0.2) is 31.9 Å². The van der Waals surface area contributed by atoms with Gasteiger partial charge in [-0.1, -0.05) is 12.1 Å². The highest BCUT2D eigenvalue weighted by molar-refractivity contribution is 5.73. The molecule has 2 heterocycles. The van der Waals surface area contributed by atoms with Crippen LogP contribution in [0.1, 0.15) is 58.1 Å². The first-order chi connectivity index (χ1) is 16.5. The van der Waals surface area contributed by atoms with Crippen LogP contribution in [-0.2, 0) is 11.3 Å². The summed E-state index contributed by atoms with van der Waals surface area (Å²) in [5.74, 6) is -1.09. The number of hydrogen-bond acceptors (Lipinski definition) is 5. The Labute approximate surface area is 200 Å². The quantitative estimate of drug-likeness (QED) is 0.604. The van der Waals surface area contributed by atoms with Crippen molar-refractivity contribution < 1.29 is 18.3 Å². The molecular formula is C25H28F2N4O4. The van der Waals surface area contributed by atoms with Gasteiger partial charge < -0.3 is 10.1 Å². The van der Waals surface area contributed by atoms with Crippen LogP contribution in [0.3, 0.4) is 0 Å². The van der Waals surface area contributed by atoms with E-state index in [1.54, 1.807) is 32.9 Å². The van der Waals surface area contributed by atoms with Crippen LogP contribution in [0.5, 0.6) is 0 Å². The van der Waals surface area contributed by atoms with Crippen molar-refractivity contribution in [3.05, 3.63) is 74.6 Å². The smallest absolute Gasteiger partial charge is 0.407 e. The summed E-state index contributed by atoms with van der Waals surface area (Å²) >= 11 is 0. The van der Waals surface area contributed by atoms with E-state index in [-0.39, 0.29) is 23.6 Å². The van der Waals surface area contributed by atoms with Gasteiger partial charge in [-0.05, 0) is 70.2 Å². The lowest BCUT2D eigenvalue weighted by Crippen LogP contribution is -2.46. The molecule has 0 radical (unpaired) electrons. The van der Waals surface area contributed by atoms with Crippen molar-refractivity contribution in [2.75, 3.05) is 0 Å². The normalized spacial score (nSPS) is 18.4. The number of carbonyl (C=O) groups is 1. The second-order valence-electron chi connectivity index (χ2n) is 9.85. The van der Waals surface area contributed by atoms with Crippen LogP contribution in [0, 0.1) is 11.6 Å². The first kappa shape index (κ1) is 24.6.